The molecule has 0 radical (unpaired) electrons. The predicted molar refractivity (Wildman–Crippen MR) is 88.7 cm³/mol. The normalized spacial score (nSPS) is 12.8. The van der Waals surface area contributed by atoms with Crippen molar-refractivity contribution in [1.29, 1.82) is 5.26 Å². The highest BCUT2D eigenvalue weighted by Crippen LogP contribution is 2.23. The second-order valence-electron chi connectivity index (χ2n) is 5.74. The van der Waals surface area contributed by atoms with Crippen molar-refractivity contribution in [3.63, 3.8) is 0 Å². The molecule has 0 aromatic heterocycles. The number of halogens is 2. The van der Waals surface area contributed by atoms with Gasteiger partial charge in [0.2, 0.25) is 0 Å². The molecule has 25 heavy (non-hydrogen) atoms. The Balaban J connectivity index is 1.95. The van der Waals surface area contributed by atoms with Crippen LogP contribution >= 0.6 is 0 Å². The molecule has 0 aliphatic carbocycles. The number of anilines is 1. The first-order chi connectivity index (χ1) is 11.8. The van der Waals surface area contributed by atoms with Crippen molar-refractivity contribution in [3.05, 3.63) is 65.2 Å². The number of hydrogen-bond acceptors (Lipinski definition) is 3. The summed E-state index contributed by atoms with van der Waals surface area (Å²) >= 11 is 0. The van der Waals surface area contributed by atoms with Crippen molar-refractivity contribution < 1.29 is 18.7 Å². The van der Waals surface area contributed by atoms with Crippen molar-refractivity contribution in [2.45, 2.75) is 18.9 Å². The SMILES string of the molecule is CC(O)(CNC(=O)Nc1ccc(CC#N)cc1)c1ccc(F)cc1F. The number of benzene rings is 2. The van der Waals surface area contributed by atoms with Crippen molar-refractivity contribution in [2.24, 2.45) is 0 Å². The molecule has 2 aromatic carbocycles. The maximum Gasteiger partial charge on any atom is 0.319 e. The summed E-state index contributed by atoms with van der Waals surface area (Å²) in [5.74, 6) is -1.64. The standard InChI is InChI=1S/C18H17F2N3O2/c1-18(25,15-7-4-13(19)10-16(15)20)11-22-17(24)23-14-5-2-12(3-6-14)8-9-21/h2-7,10,25H,8,11H2,1H3,(H2,22,23,24). The van der Waals surface area contributed by atoms with Crippen LogP contribution in [0, 0.1) is 23.0 Å². The maximum atomic E-state index is 13.8. The molecule has 0 saturated carbocycles. The van der Waals surface area contributed by atoms with Crippen LogP contribution in [0.4, 0.5) is 19.3 Å². The molecule has 0 heterocycles. The summed E-state index contributed by atoms with van der Waals surface area (Å²) in [5, 5.41) is 23.9. The summed E-state index contributed by atoms with van der Waals surface area (Å²) < 4.78 is 26.7. The van der Waals surface area contributed by atoms with Gasteiger partial charge in [0.05, 0.1) is 19.0 Å². The molecular formula is C18H17F2N3O2. The van der Waals surface area contributed by atoms with Gasteiger partial charge in [0, 0.05) is 17.3 Å². The number of nitrogens with one attached hydrogen (secondary N) is 2. The fourth-order valence-electron chi connectivity index (χ4n) is 2.25. The lowest BCUT2D eigenvalue weighted by Crippen LogP contribution is -2.41. The lowest BCUT2D eigenvalue weighted by Gasteiger charge is -2.24. The van der Waals surface area contributed by atoms with Crippen LogP contribution in [0.25, 0.3) is 0 Å². The Morgan fingerprint density at radius 1 is 1.24 bits per heavy atom. The fourth-order valence-corrected chi connectivity index (χ4v) is 2.25. The molecule has 0 bridgehead atoms. The Labute approximate surface area is 143 Å². The first-order valence-electron chi connectivity index (χ1n) is 7.50. The highest BCUT2D eigenvalue weighted by molar-refractivity contribution is 5.89. The molecule has 0 saturated heterocycles. The second kappa shape index (κ2) is 7.73. The lowest BCUT2D eigenvalue weighted by molar-refractivity contribution is 0.0561. The minimum absolute atomic E-state index is 0.116. The van der Waals surface area contributed by atoms with Crippen LogP contribution in [0.1, 0.15) is 18.1 Å². The van der Waals surface area contributed by atoms with Gasteiger partial charge in [-0.1, -0.05) is 18.2 Å². The fraction of sp³-hybridized carbons (Fsp3) is 0.222. The van der Waals surface area contributed by atoms with E-state index in [9.17, 15) is 18.7 Å². The number of aliphatic hydroxyl groups is 1. The van der Waals surface area contributed by atoms with E-state index in [0.29, 0.717) is 11.8 Å². The Morgan fingerprint density at radius 2 is 1.92 bits per heavy atom. The number of amides is 2. The topological polar surface area (TPSA) is 85.2 Å². The van der Waals surface area contributed by atoms with Crippen LogP contribution in [0.2, 0.25) is 0 Å². The monoisotopic (exact) mass is 345 g/mol. The van der Waals surface area contributed by atoms with Gasteiger partial charge >= 0.3 is 6.03 Å². The van der Waals surface area contributed by atoms with Crippen LogP contribution in [0.5, 0.6) is 0 Å². The third-order valence-electron chi connectivity index (χ3n) is 3.60. The quantitative estimate of drug-likeness (QED) is 0.778. The highest BCUT2D eigenvalue weighted by Gasteiger charge is 2.27. The molecular weight excluding hydrogens is 328 g/mol. The molecule has 7 heteroatoms. The minimum atomic E-state index is -1.70. The predicted octanol–water partition coefficient (Wildman–Crippen LogP) is 3.06. The van der Waals surface area contributed by atoms with E-state index in [0.717, 1.165) is 17.7 Å². The van der Waals surface area contributed by atoms with E-state index >= 15 is 0 Å². The van der Waals surface area contributed by atoms with Crippen LogP contribution in [0.3, 0.4) is 0 Å². The zero-order valence-electron chi connectivity index (χ0n) is 13.5. The molecule has 5 nitrogen and oxygen atoms in total. The maximum absolute atomic E-state index is 13.8. The van der Waals surface area contributed by atoms with E-state index < -0.39 is 23.3 Å². The van der Waals surface area contributed by atoms with Crippen molar-refractivity contribution >= 4 is 11.7 Å². The van der Waals surface area contributed by atoms with Gasteiger partial charge in [-0.25, -0.2) is 13.6 Å². The molecule has 0 aliphatic rings. The number of carbonyl (C=O) groups excluding carboxylic acids is 1. The van der Waals surface area contributed by atoms with Crippen molar-refractivity contribution in [3.8, 4) is 6.07 Å². The van der Waals surface area contributed by atoms with E-state index in [4.69, 9.17) is 5.26 Å². The van der Waals surface area contributed by atoms with E-state index in [1.807, 2.05) is 6.07 Å². The zero-order valence-corrected chi connectivity index (χ0v) is 13.5. The molecule has 1 atom stereocenters. The van der Waals surface area contributed by atoms with E-state index in [1.54, 1.807) is 24.3 Å². The number of rotatable bonds is 5. The molecule has 2 aromatic rings. The number of carbonyl (C=O) groups is 1. The molecule has 0 aliphatic heterocycles. The summed E-state index contributed by atoms with van der Waals surface area (Å²) in [4.78, 5) is 11.9. The average Bonchev–Trinajstić information content (AvgIpc) is 2.55. The molecule has 0 fully saturated rings. The Bertz CT molecular complexity index is 799. The van der Waals surface area contributed by atoms with Crippen LogP contribution in [-0.4, -0.2) is 17.7 Å². The Hall–Kier alpha value is -2.98. The van der Waals surface area contributed by atoms with Crippen LogP contribution < -0.4 is 10.6 Å². The Kier molecular flexibility index (Phi) is 5.67. The van der Waals surface area contributed by atoms with Crippen LogP contribution in [-0.2, 0) is 12.0 Å². The number of nitrogens with zero attached hydrogens (tertiary/aromatic N) is 1. The summed E-state index contributed by atoms with van der Waals surface area (Å²) in [6.45, 7) is 1.05. The summed E-state index contributed by atoms with van der Waals surface area (Å²) in [6, 6.07) is 11.0. The van der Waals surface area contributed by atoms with Gasteiger partial charge in [-0.3, -0.25) is 0 Å². The lowest BCUT2D eigenvalue weighted by atomic mass is 9.95. The van der Waals surface area contributed by atoms with Gasteiger partial charge in [0.25, 0.3) is 0 Å². The zero-order chi connectivity index (χ0) is 18.4. The van der Waals surface area contributed by atoms with E-state index in [2.05, 4.69) is 10.6 Å². The third kappa shape index (κ3) is 4.99. The second-order valence-corrected chi connectivity index (χ2v) is 5.74. The summed E-state index contributed by atoms with van der Waals surface area (Å²) in [7, 11) is 0. The van der Waals surface area contributed by atoms with Crippen molar-refractivity contribution in [2.75, 3.05) is 11.9 Å². The van der Waals surface area contributed by atoms with Gasteiger partial charge in [-0.15, -0.1) is 0 Å². The molecule has 130 valence electrons. The molecule has 0 spiro atoms. The highest BCUT2D eigenvalue weighted by atomic mass is 19.1. The number of nitriles is 1. The number of hydrogen-bond donors (Lipinski definition) is 3. The Morgan fingerprint density at radius 3 is 2.52 bits per heavy atom. The van der Waals surface area contributed by atoms with Crippen LogP contribution in [0.15, 0.2) is 42.5 Å². The van der Waals surface area contributed by atoms with Gasteiger partial charge in [0.15, 0.2) is 0 Å². The van der Waals surface area contributed by atoms with Crippen molar-refractivity contribution in [1.82, 2.24) is 5.32 Å². The molecule has 2 rings (SSSR count). The molecule has 3 N–H and O–H groups in total. The van der Waals surface area contributed by atoms with Gasteiger partial charge in [0.1, 0.15) is 17.2 Å². The smallest absolute Gasteiger partial charge is 0.319 e. The average molecular weight is 345 g/mol. The number of urea groups is 1. The minimum Gasteiger partial charge on any atom is -0.383 e. The summed E-state index contributed by atoms with van der Waals surface area (Å²) in [5.41, 5.74) is -0.490. The van der Waals surface area contributed by atoms with Gasteiger partial charge in [-0.2, -0.15) is 5.26 Å². The van der Waals surface area contributed by atoms with Gasteiger partial charge < -0.3 is 15.7 Å². The van der Waals surface area contributed by atoms with E-state index in [1.165, 1.54) is 6.92 Å². The molecule has 2 amide bonds. The molecule has 1 unspecified atom stereocenters. The largest absolute Gasteiger partial charge is 0.383 e. The first kappa shape index (κ1) is 18.4. The van der Waals surface area contributed by atoms with E-state index in [-0.39, 0.29) is 18.5 Å². The first-order valence-corrected chi connectivity index (χ1v) is 7.50. The third-order valence-corrected chi connectivity index (χ3v) is 3.60. The summed E-state index contributed by atoms with van der Waals surface area (Å²) in [6.07, 6.45) is 0.276. The van der Waals surface area contributed by atoms with Gasteiger partial charge in [-0.05, 0) is 30.7 Å².